The molecule has 0 unspecified atom stereocenters. The first-order valence-electron chi connectivity index (χ1n) is 7.12. The molecule has 3 amide bonds. The molecule has 5 nitrogen and oxygen atoms in total. The SMILES string of the molecule is C=C(Br)CNC(=O)[C@@H](NC(=O)N1CCCC1)[C@H](C)CC. The van der Waals surface area contributed by atoms with Crippen LogP contribution < -0.4 is 10.6 Å². The molecule has 1 saturated heterocycles. The Bertz CT molecular complexity index is 367. The molecule has 0 bridgehead atoms. The Morgan fingerprint density at radius 1 is 1.35 bits per heavy atom. The van der Waals surface area contributed by atoms with Crippen molar-refractivity contribution in [3.05, 3.63) is 11.1 Å². The van der Waals surface area contributed by atoms with E-state index in [0.29, 0.717) is 11.0 Å². The minimum Gasteiger partial charge on any atom is -0.350 e. The van der Waals surface area contributed by atoms with Gasteiger partial charge in [0.2, 0.25) is 5.91 Å². The molecule has 1 heterocycles. The number of nitrogens with one attached hydrogen (secondary N) is 2. The zero-order valence-electron chi connectivity index (χ0n) is 12.2. The maximum Gasteiger partial charge on any atom is 0.318 e. The second kappa shape index (κ2) is 8.29. The first kappa shape index (κ1) is 17.0. The van der Waals surface area contributed by atoms with E-state index < -0.39 is 6.04 Å². The monoisotopic (exact) mass is 345 g/mol. The summed E-state index contributed by atoms with van der Waals surface area (Å²) in [6, 6.07) is -0.638. The van der Waals surface area contributed by atoms with Crippen molar-refractivity contribution in [2.45, 2.75) is 39.2 Å². The third kappa shape index (κ3) is 5.15. The van der Waals surface area contributed by atoms with E-state index in [1.165, 1.54) is 0 Å². The average molecular weight is 346 g/mol. The normalized spacial score (nSPS) is 17.4. The van der Waals surface area contributed by atoms with E-state index in [-0.39, 0.29) is 17.9 Å². The Morgan fingerprint density at radius 3 is 2.45 bits per heavy atom. The third-order valence-electron chi connectivity index (χ3n) is 3.62. The second-order valence-electron chi connectivity index (χ2n) is 5.24. The van der Waals surface area contributed by atoms with Crippen LogP contribution in [0.5, 0.6) is 0 Å². The molecule has 1 aliphatic heterocycles. The van der Waals surface area contributed by atoms with Crippen LogP contribution in [-0.2, 0) is 4.79 Å². The standard InChI is InChI=1S/C14H24BrN3O2/c1-4-10(2)12(13(19)16-9-11(3)15)17-14(20)18-7-5-6-8-18/h10,12H,3-9H2,1-2H3,(H,16,19)(H,17,20)/t10-,12+/m1/s1. The zero-order valence-corrected chi connectivity index (χ0v) is 13.8. The summed E-state index contributed by atoms with van der Waals surface area (Å²) in [6.45, 7) is 9.58. The maximum atomic E-state index is 12.2. The number of amides is 3. The summed E-state index contributed by atoms with van der Waals surface area (Å²) >= 11 is 3.21. The van der Waals surface area contributed by atoms with Crippen LogP contribution in [0.25, 0.3) is 0 Å². The molecule has 0 aliphatic carbocycles. The summed E-state index contributed by atoms with van der Waals surface area (Å²) < 4.78 is 0.708. The first-order valence-corrected chi connectivity index (χ1v) is 7.91. The van der Waals surface area contributed by atoms with E-state index in [4.69, 9.17) is 0 Å². The summed E-state index contributed by atoms with van der Waals surface area (Å²) in [5.41, 5.74) is 0. The Balaban J connectivity index is 2.60. The lowest BCUT2D eigenvalue weighted by Gasteiger charge is -2.26. The van der Waals surface area contributed by atoms with Gasteiger partial charge in [-0.2, -0.15) is 0 Å². The third-order valence-corrected chi connectivity index (χ3v) is 3.90. The van der Waals surface area contributed by atoms with Gasteiger partial charge < -0.3 is 15.5 Å². The number of halogens is 1. The quantitative estimate of drug-likeness (QED) is 0.775. The Kier molecular flexibility index (Phi) is 7.05. The Hall–Kier alpha value is -1.04. The highest BCUT2D eigenvalue weighted by molar-refractivity contribution is 9.11. The van der Waals surface area contributed by atoms with Crippen molar-refractivity contribution in [1.82, 2.24) is 15.5 Å². The van der Waals surface area contributed by atoms with Gasteiger partial charge in [0.25, 0.3) is 0 Å². The molecule has 20 heavy (non-hydrogen) atoms. The summed E-state index contributed by atoms with van der Waals surface area (Å²) in [7, 11) is 0. The molecule has 0 spiro atoms. The van der Waals surface area contributed by atoms with E-state index in [1.807, 2.05) is 13.8 Å². The Labute approximate surface area is 129 Å². The van der Waals surface area contributed by atoms with E-state index in [0.717, 1.165) is 32.4 Å². The van der Waals surface area contributed by atoms with Gasteiger partial charge in [0.15, 0.2) is 0 Å². The van der Waals surface area contributed by atoms with Gasteiger partial charge >= 0.3 is 6.03 Å². The molecule has 0 saturated carbocycles. The highest BCUT2D eigenvalue weighted by Crippen LogP contribution is 2.12. The van der Waals surface area contributed by atoms with Crippen LogP contribution in [0.1, 0.15) is 33.1 Å². The van der Waals surface area contributed by atoms with Crippen LogP contribution in [-0.4, -0.2) is 42.5 Å². The minimum atomic E-state index is -0.500. The van der Waals surface area contributed by atoms with Crippen molar-refractivity contribution in [3.8, 4) is 0 Å². The first-order chi connectivity index (χ1) is 9.45. The molecule has 0 radical (unpaired) electrons. The molecule has 1 rings (SSSR count). The molecule has 2 N–H and O–H groups in total. The average Bonchev–Trinajstić information content (AvgIpc) is 2.95. The van der Waals surface area contributed by atoms with Crippen LogP contribution >= 0.6 is 15.9 Å². The summed E-state index contributed by atoms with van der Waals surface area (Å²) in [4.78, 5) is 26.1. The zero-order chi connectivity index (χ0) is 15.1. The van der Waals surface area contributed by atoms with Crippen LogP contribution in [0.3, 0.4) is 0 Å². The fourth-order valence-corrected chi connectivity index (χ4v) is 2.28. The molecule has 6 heteroatoms. The van der Waals surface area contributed by atoms with Gasteiger partial charge in [-0.15, -0.1) is 0 Å². The molecule has 0 aromatic carbocycles. The predicted molar refractivity (Wildman–Crippen MR) is 83.7 cm³/mol. The molecule has 2 atom stereocenters. The van der Waals surface area contributed by atoms with Gasteiger partial charge in [0.05, 0.1) is 0 Å². The highest BCUT2D eigenvalue weighted by Gasteiger charge is 2.28. The van der Waals surface area contributed by atoms with Crippen molar-refractivity contribution in [1.29, 1.82) is 0 Å². The smallest absolute Gasteiger partial charge is 0.318 e. The number of hydrogen-bond donors (Lipinski definition) is 2. The van der Waals surface area contributed by atoms with Crippen LogP contribution in [0.4, 0.5) is 4.79 Å². The Morgan fingerprint density at radius 2 is 1.95 bits per heavy atom. The highest BCUT2D eigenvalue weighted by atomic mass is 79.9. The lowest BCUT2D eigenvalue weighted by molar-refractivity contribution is -0.123. The minimum absolute atomic E-state index is 0.0881. The second-order valence-corrected chi connectivity index (χ2v) is 6.36. The lowest BCUT2D eigenvalue weighted by atomic mass is 9.98. The number of rotatable bonds is 6. The van der Waals surface area contributed by atoms with E-state index in [9.17, 15) is 9.59 Å². The van der Waals surface area contributed by atoms with Crippen molar-refractivity contribution in [2.75, 3.05) is 19.6 Å². The van der Waals surface area contributed by atoms with Crippen LogP contribution in [0.15, 0.2) is 11.1 Å². The molecular formula is C14H24BrN3O2. The molecule has 0 aromatic rings. The van der Waals surface area contributed by atoms with Gasteiger partial charge in [-0.3, -0.25) is 4.79 Å². The summed E-state index contributed by atoms with van der Waals surface area (Å²) in [5, 5.41) is 5.64. The van der Waals surface area contributed by atoms with E-state index >= 15 is 0 Å². The number of urea groups is 1. The van der Waals surface area contributed by atoms with Crippen molar-refractivity contribution < 1.29 is 9.59 Å². The number of likely N-dealkylation sites (tertiary alicyclic amines) is 1. The fourth-order valence-electron chi connectivity index (χ4n) is 2.14. The predicted octanol–water partition coefficient (Wildman–Crippen LogP) is 2.23. The van der Waals surface area contributed by atoms with Crippen molar-refractivity contribution in [2.24, 2.45) is 5.92 Å². The molecule has 114 valence electrons. The van der Waals surface area contributed by atoms with Crippen molar-refractivity contribution >= 4 is 27.9 Å². The van der Waals surface area contributed by atoms with E-state index in [1.54, 1.807) is 4.90 Å². The van der Waals surface area contributed by atoms with E-state index in [2.05, 4.69) is 33.1 Å². The fraction of sp³-hybridized carbons (Fsp3) is 0.714. The number of carbonyl (C=O) groups excluding carboxylic acids is 2. The molecule has 1 aliphatic rings. The van der Waals surface area contributed by atoms with Gasteiger partial charge in [-0.1, -0.05) is 42.8 Å². The van der Waals surface area contributed by atoms with Gasteiger partial charge in [0.1, 0.15) is 6.04 Å². The number of hydrogen-bond acceptors (Lipinski definition) is 2. The lowest BCUT2D eigenvalue weighted by Crippen LogP contribution is -2.53. The van der Waals surface area contributed by atoms with Gasteiger partial charge in [-0.25, -0.2) is 4.79 Å². The molecular weight excluding hydrogens is 322 g/mol. The largest absolute Gasteiger partial charge is 0.350 e. The summed E-state index contributed by atoms with van der Waals surface area (Å²) in [6.07, 6.45) is 2.90. The molecule has 1 fully saturated rings. The summed E-state index contributed by atoms with van der Waals surface area (Å²) in [5.74, 6) is -0.0716. The topological polar surface area (TPSA) is 61.4 Å². The van der Waals surface area contributed by atoms with Gasteiger partial charge in [0, 0.05) is 24.1 Å². The number of carbonyl (C=O) groups is 2. The van der Waals surface area contributed by atoms with Gasteiger partial charge in [-0.05, 0) is 18.8 Å². The van der Waals surface area contributed by atoms with Crippen LogP contribution in [0.2, 0.25) is 0 Å². The van der Waals surface area contributed by atoms with Crippen molar-refractivity contribution in [3.63, 3.8) is 0 Å². The maximum absolute atomic E-state index is 12.2. The van der Waals surface area contributed by atoms with Crippen LogP contribution in [0, 0.1) is 5.92 Å². The molecule has 0 aromatic heterocycles. The number of nitrogens with zero attached hydrogens (tertiary/aromatic N) is 1.